The molecule has 16 heavy (non-hydrogen) atoms. The fraction of sp³-hybridized carbons (Fsp3) is 0.417. The molecule has 0 aromatic heterocycles. The molecule has 0 saturated carbocycles. The lowest BCUT2D eigenvalue weighted by atomic mass is 10.2. The predicted molar refractivity (Wildman–Crippen MR) is 63.6 cm³/mol. The highest BCUT2D eigenvalue weighted by atomic mass is 35.5. The van der Waals surface area contributed by atoms with E-state index in [1.165, 1.54) is 0 Å². The number of hydrogen-bond acceptors (Lipinski definition) is 2. The zero-order valence-corrected chi connectivity index (χ0v) is 9.67. The van der Waals surface area contributed by atoms with E-state index in [0.717, 1.165) is 24.1 Å². The van der Waals surface area contributed by atoms with Crippen molar-refractivity contribution in [3.63, 3.8) is 0 Å². The molecular formula is C12H14ClNO2. The number of halogens is 1. The Bertz CT molecular complexity index is 375. The average Bonchev–Trinajstić information content (AvgIpc) is 2.83. The number of nitrogens with one attached hydrogen (secondary N) is 1. The van der Waals surface area contributed by atoms with E-state index in [1.54, 1.807) is 0 Å². The average molecular weight is 240 g/mol. The number of amides is 1. The zero-order chi connectivity index (χ0) is 11.4. The zero-order valence-electron chi connectivity index (χ0n) is 8.91. The second-order valence-electron chi connectivity index (χ2n) is 3.78. The summed E-state index contributed by atoms with van der Waals surface area (Å²) in [6, 6.07) is 7.53. The molecule has 1 saturated heterocycles. The summed E-state index contributed by atoms with van der Waals surface area (Å²) in [6.07, 6.45) is 1.45. The molecule has 3 nitrogen and oxygen atoms in total. The number of alkyl halides is 1. The summed E-state index contributed by atoms with van der Waals surface area (Å²) in [5.74, 6) is 0.317. The molecule has 1 aromatic carbocycles. The maximum absolute atomic E-state index is 11.8. The molecule has 1 amide bonds. The van der Waals surface area contributed by atoms with Crippen molar-refractivity contribution in [1.82, 2.24) is 0 Å². The van der Waals surface area contributed by atoms with Gasteiger partial charge >= 0.3 is 0 Å². The van der Waals surface area contributed by atoms with Gasteiger partial charge in [-0.1, -0.05) is 18.2 Å². The van der Waals surface area contributed by atoms with Gasteiger partial charge in [-0.3, -0.25) is 4.79 Å². The first-order valence-corrected chi connectivity index (χ1v) is 5.91. The second kappa shape index (κ2) is 5.32. The number of rotatable bonds is 3. The minimum Gasteiger partial charge on any atom is -0.368 e. The quantitative estimate of drug-likeness (QED) is 0.824. The van der Waals surface area contributed by atoms with Crippen LogP contribution >= 0.6 is 11.6 Å². The van der Waals surface area contributed by atoms with Gasteiger partial charge in [-0.05, 0) is 24.5 Å². The van der Waals surface area contributed by atoms with E-state index in [0.29, 0.717) is 12.5 Å². The van der Waals surface area contributed by atoms with Crippen LogP contribution in [-0.2, 0) is 15.4 Å². The lowest BCUT2D eigenvalue weighted by Crippen LogP contribution is -2.27. The molecule has 1 heterocycles. The molecule has 1 N–H and O–H groups in total. The van der Waals surface area contributed by atoms with Crippen LogP contribution in [0.2, 0.25) is 0 Å². The smallest absolute Gasteiger partial charge is 0.253 e. The highest BCUT2D eigenvalue weighted by Crippen LogP contribution is 2.19. The highest BCUT2D eigenvalue weighted by Gasteiger charge is 2.23. The first kappa shape index (κ1) is 11.4. The Morgan fingerprint density at radius 1 is 1.50 bits per heavy atom. The SMILES string of the molecule is O=C(Nc1ccccc1CCl)C1CCCO1. The van der Waals surface area contributed by atoms with Gasteiger partial charge in [0.05, 0.1) is 0 Å². The van der Waals surface area contributed by atoms with Crippen LogP contribution < -0.4 is 5.32 Å². The summed E-state index contributed by atoms with van der Waals surface area (Å²) in [6.45, 7) is 0.676. The third-order valence-corrected chi connectivity index (χ3v) is 2.93. The number of carbonyl (C=O) groups is 1. The summed E-state index contributed by atoms with van der Waals surface area (Å²) in [5, 5.41) is 2.86. The van der Waals surface area contributed by atoms with Crippen LogP contribution in [-0.4, -0.2) is 18.6 Å². The van der Waals surface area contributed by atoms with Crippen LogP contribution in [0, 0.1) is 0 Å². The van der Waals surface area contributed by atoms with Crippen LogP contribution in [0.5, 0.6) is 0 Å². The Morgan fingerprint density at radius 2 is 2.31 bits per heavy atom. The topological polar surface area (TPSA) is 38.3 Å². The number of para-hydroxylation sites is 1. The van der Waals surface area contributed by atoms with Crippen LogP contribution in [0.15, 0.2) is 24.3 Å². The van der Waals surface area contributed by atoms with E-state index in [4.69, 9.17) is 16.3 Å². The fourth-order valence-electron chi connectivity index (χ4n) is 1.76. The van der Waals surface area contributed by atoms with Gasteiger partial charge in [0.2, 0.25) is 0 Å². The molecule has 1 fully saturated rings. The van der Waals surface area contributed by atoms with Crippen molar-refractivity contribution in [2.24, 2.45) is 0 Å². The minimum atomic E-state index is -0.302. The molecule has 0 bridgehead atoms. The van der Waals surface area contributed by atoms with E-state index in [9.17, 15) is 4.79 Å². The monoisotopic (exact) mass is 239 g/mol. The third-order valence-electron chi connectivity index (χ3n) is 2.64. The molecule has 1 unspecified atom stereocenters. The molecule has 1 aliphatic heterocycles. The van der Waals surface area contributed by atoms with Crippen molar-refractivity contribution < 1.29 is 9.53 Å². The van der Waals surface area contributed by atoms with Crippen molar-refractivity contribution in [2.45, 2.75) is 24.8 Å². The van der Waals surface area contributed by atoms with Crippen molar-refractivity contribution in [3.05, 3.63) is 29.8 Å². The Morgan fingerprint density at radius 3 is 3.00 bits per heavy atom. The molecule has 2 rings (SSSR count). The van der Waals surface area contributed by atoms with E-state index in [2.05, 4.69) is 5.32 Å². The van der Waals surface area contributed by atoms with Gasteiger partial charge in [-0.25, -0.2) is 0 Å². The van der Waals surface area contributed by atoms with Crippen molar-refractivity contribution in [3.8, 4) is 0 Å². The van der Waals surface area contributed by atoms with Gasteiger partial charge in [0.1, 0.15) is 6.10 Å². The molecule has 1 atom stereocenters. The molecule has 1 aromatic rings. The Kier molecular flexibility index (Phi) is 3.80. The van der Waals surface area contributed by atoms with Crippen LogP contribution in [0.1, 0.15) is 18.4 Å². The Labute approximate surface area is 99.7 Å². The van der Waals surface area contributed by atoms with Crippen molar-refractivity contribution in [2.75, 3.05) is 11.9 Å². The fourth-order valence-corrected chi connectivity index (χ4v) is 1.99. The molecule has 86 valence electrons. The van der Waals surface area contributed by atoms with Crippen LogP contribution in [0.3, 0.4) is 0 Å². The molecule has 0 radical (unpaired) electrons. The van der Waals surface area contributed by atoms with E-state index in [-0.39, 0.29) is 12.0 Å². The second-order valence-corrected chi connectivity index (χ2v) is 4.05. The number of ether oxygens (including phenoxy) is 1. The molecular weight excluding hydrogens is 226 g/mol. The van der Waals surface area contributed by atoms with E-state index < -0.39 is 0 Å². The maximum Gasteiger partial charge on any atom is 0.253 e. The number of anilines is 1. The lowest BCUT2D eigenvalue weighted by Gasteiger charge is -2.12. The normalized spacial score (nSPS) is 19.7. The Balaban J connectivity index is 2.05. The predicted octanol–water partition coefficient (Wildman–Crippen LogP) is 2.54. The molecule has 0 aliphatic carbocycles. The first-order valence-electron chi connectivity index (χ1n) is 5.37. The Hall–Kier alpha value is -1.06. The standard InChI is InChI=1S/C12H14ClNO2/c13-8-9-4-1-2-5-10(9)14-12(15)11-6-3-7-16-11/h1-2,4-5,11H,3,6-8H2,(H,14,15). The van der Waals surface area contributed by atoms with E-state index >= 15 is 0 Å². The van der Waals surface area contributed by atoms with Crippen molar-refractivity contribution >= 4 is 23.2 Å². The summed E-state index contributed by atoms with van der Waals surface area (Å²) < 4.78 is 5.32. The third kappa shape index (κ3) is 2.54. The summed E-state index contributed by atoms with van der Waals surface area (Å²) in [5.41, 5.74) is 1.70. The lowest BCUT2D eigenvalue weighted by molar-refractivity contribution is -0.124. The van der Waals surface area contributed by atoms with Gasteiger partial charge in [-0.2, -0.15) is 0 Å². The minimum absolute atomic E-state index is 0.0740. The highest BCUT2D eigenvalue weighted by molar-refractivity contribution is 6.17. The number of hydrogen-bond donors (Lipinski definition) is 1. The number of carbonyl (C=O) groups excluding carboxylic acids is 1. The van der Waals surface area contributed by atoms with Crippen LogP contribution in [0.4, 0.5) is 5.69 Å². The van der Waals surface area contributed by atoms with Crippen molar-refractivity contribution in [1.29, 1.82) is 0 Å². The van der Waals surface area contributed by atoms with E-state index in [1.807, 2.05) is 24.3 Å². The summed E-state index contributed by atoms with van der Waals surface area (Å²) >= 11 is 5.79. The van der Waals surface area contributed by atoms with Gasteiger partial charge < -0.3 is 10.1 Å². The molecule has 0 spiro atoms. The van der Waals surface area contributed by atoms with Gasteiger partial charge in [0.25, 0.3) is 5.91 Å². The van der Waals surface area contributed by atoms with Gasteiger partial charge in [0, 0.05) is 18.2 Å². The maximum atomic E-state index is 11.8. The van der Waals surface area contributed by atoms with Gasteiger partial charge in [-0.15, -0.1) is 11.6 Å². The summed E-state index contributed by atoms with van der Waals surface area (Å²) in [4.78, 5) is 11.8. The van der Waals surface area contributed by atoms with Gasteiger partial charge in [0.15, 0.2) is 0 Å². The first-order chi connectivity index (χ1) is 7.81. The van der Waals surface area contributed by atoms with Crippen LogP contribution in [0.25, 0.3) is 0 Å². The number of benzene rings is 1. The molecule has 1 aliphatic rings. The molecule has 4 heteroatoms. The summed E-state index contributed by atoms with van der Waals surface area (Å²) in [7, 11) is 0. The largest absolute Gasteiger partial charge is 0.368 e.